The molecule has 6 heteroatoms. The van der Waals surface area contributed by atoms with Crippen LogP contribution in [0.3, 0.4) is 0 Å². The van der Waals surface area contributed by atoms with E-state index < -0.39 is 5.91 Å². The molecule has 0 radical (unpaired) electrons. The maximum absolute atomic E-state index is 10.9. The average molecular weight is 185 g/mol. The largest absolute Gasteiger partial charge is 0.364 e. The van der Waals surface area contributed by atoms with Crippen LogP contribution in [0.4, 0.5) is 0 Å². The summed E-state index contributed by atoms with van der Waals surface area (Å²) in [6, 6.07) is 1.07. The van der Waals surface area contributed by atoms with Gasteiger partial charge in [0, 0.05) is 6.07 Å². The molecule has 1 rings (SSSR count). The summed E-state index contributed by atoms with van der Waals surface area (Å²) in [5.41, 5.74) is 4.56. The Morgan fingerprint density at radius 1 is 1.75 bits per heavy atom. The zero-order valence-corrected chi connectivity index (χ0v) is 7.14. The Hall–Kier alpha value is -1.30. The molecule has 1 amide bonds. The lowest BCUT2D eigenvalue weighted by Crippen LogP contribution is -2.18. The zero-order chi connectivity index (χ0) is 9.14. The summed E-state index contributed by atoms with van der Waals surface area (Å²) >= 11 is 1.24. The number of nitrogens with one attached hydrogen (secondary N) is 1. The van der Waals surface area contributed by atoms with E-state index in [9.17, 15) is 9.59 Å². The predicted octanol–water partition coefficient (Wildman–Crippen LogP) is -0.409. The fraction of sp³-hybridized carbons (Fsp3) is 0.167. The summed E-state index contributed by atoms with van der Waals surface area (Å²) in [5.74, 6) is -0.698. The number of H-pyrrole nitrogens is 1. The van der Waals surface area contributed by atoms with Crippen molar-refractivity contribution in [1.82, 2.24) is 9.97 Å². The predicted molar refractivity (Wildman–Crippen MR) is 45.2 cm³/mol. The van der Waals surface area contributed by atoms with E-state index in [2.05, 4.69) is 9.97 Å². The van der Waals surface area contributed by atoms with E-state index in [1.54, 1.807) is 6.26 Å². The second-order valence-electron chi connectivity index (χ2n) is 2.00. The van der Waals surface area contributed by atoms with E-state index in [1.807, 2.05) is 0 Å². The monoisotopic (exact) mass is 185 g/mol. The van der Waals surface area contributed by atoms with Crippen molar-refractivity contribution in [3.05, 3.63) is 22.1 Å². The minimum absolute atomic E-state index is 0.0110. The molecule has 1 heterocycles. The summed E-state index contributed by atoms with van der Waals surface area (Å²) in [6.45, 7) is 0. The van der Waals surface area contributed by atoms with Crippen molar-refractivity contribution in [1.29, 1.82) is 0 Å². The lowest BCUT2D eigenvalue weighted by molar-refractivity contribution is 0.0994. The molecule has 0 unspecified atom stereocenters. The first kappa shape index (κ1) is 8.79. The van der Waals surface area contributed by atoms with E-state index in [0.29, 0.717) is 5.16 Å². The number of hydrogen-bond donors (Lipinski definition) is 2. The number of amides is 1. The Kier molecular flexibility index (Phi) is 2.49. The van der Waals surface area contributed by atoms with Gasteiger partial charge in [0.15, 0.2) is 5.16 Å². The summed E-state index contributed by atoms with van der Waals surface area (Å²) in [7, 11) is 0. The number of carbonyl (C=O) groups excluding carboxylic acids is 1. The van der Waals surface area contributed by atoms with E-state index >= 15 is 0 Å². The van der Waals surface area contributed by atoms with Gasteiger partial charge in [-0.25, -0.2) is 4.98 Å². The topological polar surface area (TPSA) is 88.8 Å². The first-order valence-electron chi connectivity index (χ1n) is 3.08. The van der Waals surface area contributed by atoms with Crippen LogP contribution in [0.1, 0.15) is 10.5 Å². The van der Waals surface area contributed by atoms with E-state index in [4.69, 9.17) is 5.73 Å². The summed E-state index contributed by atoms with van der Waals surface area (Å²) in [4.78, 5) is 27.7. The van der Waals surface area contributed by atoms with Crippen LogP contribution in [-0.2, 0) is 0 Å². The fourth-order valence-electron chi connectivity index (χ4n) is 0.658. The zero-order valence-electron chi connectivity index (χ0n) is 6.33. The summed E-state index contributed by atoms with van der Waals surface area (Å²) in [6.07, 6.45) is 1.74. The maximum atomic E-state index is 10.9. The maximum Gasteiger partial charge on any atom is 0.267 e. The van der Waals surface area contributed by atoms with Gasteiger partial charge in [0.1, 0.15) is 5.69 Å². The molecule has 1 aromatic heterocycles. The highest BCUT2D eigenvalue weighted by atomic mass is 32.2. The molecule has 0 saturated heterocycles. The number of rotatable bonds is 2. The van der Waals surface area contributed by atoms with Crippen molar-refractivity contribution in [3.63, 3.8) is 0 Å². The van der Waals surface area contributed by atoms with Crippen LogP contribution in [0, 0.1) is 0 Å². The second kappa shape index (κ2) is 3.40. The van der Waals surface area contributed by atoms with Crippen LogP contribution in [-0.4, -0.2) is 22.1 Å². The Morgan fingerprint density at radius 3 is 2.92 bits per heavy atom. The normalized spacial score (nSPS) is 9.75. The van der Waals surface area contributed by atoms with Gasteiger partial charge in [0.25, 0.3) is 11.5 Å². The quantitative estimate of drug-likeness (QED) is 0.484. The molecule has 0 aliphatic carbocycles. The minimum atomic E-state index is -0.698. The van der Waals surface area contributed by atoms with Gasteiger partial charge in [-0.2, -0.15) is 0 Å². The van der Waals surface area contributed by atoms with Gasteiger partial charge in [0.2, 0.25) is 0 Å². The molecule has 3 N–H and O–H groups in total. The number of primary amides is 1. The fourth-order valence-corrected chi connectivity index (χ4v) is 1.05. The number of aromatic nitrogens is 2. The van der Waals surface area contributed by atoms with Gasteiger partial charge >= 0.3 is 0 Å². The average Bonchev–Trinajstić information content (AvgIpc) is 2.03. The van der Waals surface area contributed by atoms with Crippen molar-refractivity contribution < 1.29 is 4.79 Å². The Labute approximate surface area is 72.4 Å². The van der Waals surface area contributed by atoms with Crippen LogP contribution in [0.15, 0.2) is 16.0 Å². The third-order valence-corrected chi connectivity index (χ3v) is 1.75. The molecule has 0 atom stereocenters. The van der Waals surface area contributed by atoms with E-state index in [0.717, 1.165) is 6.07 Å². The number of hydrogen-bond acceptors (Lipinski definition) is 4. The number of nitrogens with zero attached hydrogens (tertiary/aromatic N) is 1. The molecule has 12 heavy (non-hydrogen) atoms. The number of nitrogens with two attached hydrogens (primary N) is 1. The Morgan fingerprint density at radius 2 is 2.42 bits per heavy atom. The highest BCUT2D eigenvalue weighted by Gasteiger charge is 2.04. The molecule has 1 aromatic rings. The van der Waals surface area contributed by atoms with E-state index in [-0.39, 0.29) is 11.3 Å². The van der Waals surface area contributed by atoms with Crippen LogP contribution in [0.5, 0.6) is 0 Å². The van der Waals surface area contributed by atoms with Crippen LogP contribution < -0.4 is 11.3 Å². The van der Waals surface area contributed by atoms with Gasteiger partial charge in [-0.3, -0.25) is 9.59 Å². The molecule has 5 nitrogen and oxygen atoms in total. The molecule has 0 fully saturated rings. The molecular weight excluding hydrogens is 178 g/mol. The number of thioether (sulfide) groups is 1. The number of carbonyl (C=O) groups is 1. The molecule has 0 saturated carbocycles. The first-order chi connectivity index (χ1) is 5.63. The van der Waals surface area contributed by atoms with Crippen molar-refractivity contribution in [3.8, 4) is 0 Å². The molecule has 64 valence electrons. The Bertz CT molecular complexity index is 360. The number of aromatic amines is 1. The van der Waals surface area contributed by atoms with Crippen LogP contribution in [0.25, 0.3) is 0 Å². The lowest BCUT2D eigenvalue weighted by Gasteiger charge is -1.96. The summed E-state index contributed by atoms with van der Waals surface area (Å²) in [5, 5.41) is 0.385. The summed E-state index contributed by atoms with van der Waals surface area (Å²) < 4.78 is 0. The first-order valence-corrected chi connectivity index (χ1v) is 4.31. The third kappa shape index (κ3) is 1.85. The van der Waals surface area contributed by atoms with Crippen molar-refractivity contribution in [2.45, 2.75) is 5.16 Å². The minimum Gasteiger partial charge on any atom is -0.364 e. The Balaban J connectivity index is 3.24. The molecule has 0 aliphatic heterocycles. The molecule has 0 spiro atoms. The van der Waals surface area contributed by atoms with E-state index in [1.165, 1.54) is 11.8 Å². The second-order valence-corrected chi connectivity index (χ2v) is 2.80. The SMILES string of the molecule is CSc1nc(C(N)=O)cc(=O)[nH]1. The van der Waals surface area contributed by atoms with Crippen LogP contribution >= 0.6 is 11.8 Å². The third-order valence-electron chi connectivity index (χ3n) is 1.17. The molecule has 0 aromatic carbocycles. The molecule has 0 aliphatic rings. The van der Waals surface area contributed by atoms with Crippen LogP contribution in [0.2, 0.25) is 0 Å². The highest BCUT2D eigenvalue weighted by Crippen LogP contribution is 2.04. The van der Waals surface area contributed by atoms with Crippen molar-refractivity contribution in [2.24, 2.45) is 5.73 Å². The van der Waals surface area contributed by atoms with Gasteiger partial charge in [-0.1, -0.05) is 11.8 Å². The van der Waals surface area contributed by atoms with Crippen molar-refractivity contribution in [2.75, 3.05) is 6.26 Å². The van der Waals surface area contributed by atoms with Gasteiger partial charge in [0.05, 0.1) is 0 Å². The van der Waals surface area contributed by atoms with Crippen molar-refractivity contribution >= 4 is 17.7 Å². The van der Waals surface area contributed by atoms with Gasteiger partial charge in [-0.15, -0.1) is 0 Å². The highest BCUT2D eigenvalue weighted by molar-refractivity contribution is 7.98. The lowest BCUT2D eigenvalue weighted by atomic mass is 10.4. The van der Waals surface area contributed by atoms with Gasteiger partial charge in [-0.05, 0) is 6.26 Å². The van der Waals surface area contributed by atoms with Gasteiger partial charge < -0.3 is 10.7 Å². The standard InChI is InChI=1S/C6H7N3O2S/c1-12-6-8-3(5(7)11)2-4(10)9-6/h2H,1H3,(H2,7,11)(H,8,9,10). The molecular formula is C6H7N3O2S. The molecule has 0 bridgehead atoms. The smallest absolute Gasteiger partial charge is 0.267 e.